The van der Waals surface area contributed by atoms with Crippen molar-refractivity contribution < 1.29 is 4.74 Å². The molecule has 0 spiro atoms. The van der Waals surface area contributed by atoms with E-state index in [-0.39, 0.29) is 5.60 Å². The van der Waals surface area contributed by atoms with Gasteiger partial charge in [0.15, 0.2) is 0 Å². The van der Waals surface area contributed by atoms with Crippen LogP contribution in [0.3, 0.4) is 0 Å². The fraction of sp³-hybridized carbons (Fsp3) is 0.600. The Kier molecular flexibility index (Phi) is 4.06. The predicted octanol–water partition coefficient (Wildman–Crippen LogP) is 4.55. The van der Waals surface area contributed by atoms with E-state index in [0.717, 1.165) is 42.1 Å². The molecule has 4 heteroatoms. The summed E-state index contributed by atoms with van der Waals surface area (Å²) in [7, 11) is 0. The van der Waals surface area contributed by atoms with Gasteiger partial charge in [0.05, 0.1) is 5.02 Å². The molecular formula is C15H19BrClNO. The highest BCUT2D eigenvalue weighted by Crippen LogP contribution is 2.41. The van der Waals surface area contributed by atoms with Crippen LogP contribution >= 0.6 is 27.5 Å². The molecule has 0 aromatic heterocycles. The van der Waals surface area contributed by atoms with Crippen molar-refractivity contribution in [3.8, 4) is 5.75 Å². The molecule has 1 N–H and O–H groups in total. The molecule has 0 atom stereocenters. The summed E-state index contributed by atoms with van der Waals surface area (Å²) in [6, 6.07) is 6.61. The molecule has 3 rings (SSSR count). The van der Waals surface area contributed by atoms with Crippen molar-refractivity contribution in [2.75, 3.05) is 6.54 Å². The molecule has 0 radical (unpaired) electrons. The Morgan fingerprint density at radius 2 is 2.16 bits per heavy atom. The quantitative estimate of drug-likeness (QED) is 0.817. The summed E-state index contributed by atoms with van der Waals surface area (Å²) in [5.74, 6) is 0.816. The highest BCUT2D eigenvalue weighted by Gasteiger charge is 2.39. The molecule has 19 heavy (non-hydrogen) atoms. The number of halogens is 2. The van der Waals surface area contributed by atoms with Gasteiger partial charge in [-0.25, -0.2) is 0 Å². The van der Waals surface area contributed by atoms with Crippen LogP contribution in [0, 0.1) is 0 Å². The van der Waals surface area contributed by atoms with Crippen LogP contribution in [0.5, 0.6) is 5.75 Å². The minimum atomic E-state index is 0.0133. The summed E-state index contributed by atoms with van der Waals surface area (Å²) in [6.07, 6.45) is 7.31. The summed E-state index contributed by atoms with van der Waals surface area (Å²) in [4.78, 5) is 0. The van der Waals surface area contributed by atoms with Crippen molar-refractivity contribution in [2.24, 2.45) is 0 Å². The zero-order valence-corrected chi connectivity index (χ0v) is 13.3. The normalized spacial score (nSPS) is 20.9. The molecule has 2 nitrogen and oxygen atoms in total. The van der Waals surface area contributed by atoms with Crippen molar-refractivity contribution in [3.05, 3.63) is 27.7 Å². The predicted molar refractivity (Wildman–Crippen MR) is 82.0 cm³/mol. The Morgan fingerprint density at radius 1 is 1.37 bits per heavy atom. The topological polar surface area (TPSA) is 21.3 Å². The Labute approximate surface area is 128 Å². The molecule has 0 amide bonds. The fourth-order valence-corrected chi connectivity index (χ4v) is 3.27. The van der Waals surface area contributed by atoms with Gasteiger partial charge in [0.2, 0.25) is 0 Å². The van der Waals surface area contributed by atoms with E-state index in [1.54, 1.807) is 0 Å². The van der Waals surface area contributed by atoms with E-state index in [9.17, 15) is 0 Å². The third-order valence-corrected chi connectivity index (χ3v) is 4.86. The minimum Gasteiger partial charge on any atom is -0.486 e. The zero-order chi connectivity index (χ0) is 13.3. The minimum absolute atomic E-state index is 0.0133. The number of hydrogen-bond acceptors (Lipinski definition) is 2. The number of ether oxygens (including phenoxy) is 1. The molecule has 104 valence electrons. The summed E-state index contributed by atoms with van der Waals surface area (Å²) in [5, 5.41) is 4.26. The van der Waals surface area contributed by atoms with Crippen molar-refractivity contribution in [3.63, 3.8) is 0 Å². The van der Waals surface area contributed by atoms with Crippen molar-refractivity contribution in [2.45, 2.75) is 50.2 Å². The molecule has 0 saturated heterocycles. The van der Waals surface area contributed by atoms with Gasteiger partial charge in [-0.1, -0.05) is 27.5 Å². The monoisotopic (exact) mass is 343 g/mol. The average Bonchev–Trinajstić information content (AvgIpc) is 3.13. The van der Waals surface area contributed by atoms with E-state index in [1.807, 2.05) is 18.2 Å². The second kappa shape index (κ2) is 5.63. The van der Waals surface area contributed by atoms with Crippen molar-refractivity contribution in [1.29, 1.82) is 0 Å². The van der Waals surface area contributed by atoms with Crippen LogP contribution in [0.15, 0.2) is 22.7 Å². The molecule has 2 fully saturated rings. The van der Waals surface area contributed by atoms with Crippen LogP contribution in [0.2, 0.25) is 5.02 Å². The maximum atomic E-state index is 6.24. The van der Waals surface area contributed by atoms with E-state index >= 15 is 0 Å². The second-order valence-corrected chi connectivity index (χ2v) is 7.01. The molecule has 2 aliphatic carbocycles. The lowest BCUT2D eigenvalue weighted by Crippen LogP contribution is -2.45. The molecule has 0 heterocycles. The number of nitrogens with one attached hydrogen (secondary N) is 1. The first-order valence-corrected chi connectivity index (χ1v) is 8.21. The Hall–Kier alpha value is -0.250. The highest BCUT2D eigenvalue weighted by atomic mass is 79.9. The lowest BCUT2D eigenvalue weighted by atomic mass is 9.77. The summed E-state index contributed by atoms with van der Waals surface area (Å²) >= 11 is 9.66. The largest absolute Gasteiger partial charge is 0.486 e. The van der Waals surface area contributed by atoms with E-state index in [0.29, 0.717) is 5.02 Å². The Balaban J connectivity index is 1.60. The smallest absolute Gasteiger partial charge is 0.138 e. The van der Waals surface area contributed by atoms with E-state index in [1.165, 1.54) is 19.3 Å². The Bertz CT molecular complexity index is 457. The van der Waals surface area contributed by atoms with Crippen LogP contribution in [0.4, 0.5) is 0 Å². The van der Waals surface area contributed by atoms with Crippen LogP contribution in [0.25, 0.3) is 0 Å². The molecule has 0 unspecified atom stereocenters. The molecule has 1 aromatic carbocycles. The third-order valence-electron chi connectivity index (χ3n) is 4.08. The lowest BCUT2D eigenvalue weighted by Gasteiger charge is -2.42. The van der Waals surface area contributed by atoms with Gasteiger partial charge >= 0.3 is 0 Å². The van der Waals surface area contributed by atoms with Gasteiger partial charge in [-0.15, -0.1) is 0 Å². The van der Waals surface area contributed by atoms with Crippen LogP contribution in [-0.4, -0.2) is 18.2 Å². The molecule has 2 aliphatic rings. The van der Waals surface area contributed by atoms with Gasteiger partial charge in [-0.05, 0) is 63.3 Å². The summed E-state index contributed by atoms with van der Waals surface area (Å²) in [5.41, 5.74) is 0.0133. The van der Waals surface area contributed by atoms with E-state index in [4.69, 9.17) is 16.3 Å². The summed E-state index contributed by atoms with van der Waals surface area (Å²) < 4.78 is 7.22. The molecule has 0 aliphatic heterocycles. The third kappa shape index (κ3) is 3.45. The average molecular weight is 345 g/mol. The van der Waals surface area contributed by atoms with Gasteiger partial charge in [-0.2, -0.15) is 0 Å². The SMILES string of the molecule is Clc1cc(Br)ccc1OC1(CCNC2CC2)CCC1. The first-order chi connectivity index (χ1) is 9.17. The second-order valence-electron chi connectivity index (χ2n) is 5.69. The van der Waals surface area contributed by atoms with Gasteiger partial charge in [0.1, 0.15) is 11.4 Å². The number of rotatable bonds is 6. The van der Waals surface area contributed by atoms with Gasteiger partial charge in [0, 0.05) is 10.5 Å². The fourth-order valence-electron chi connectivity index (χ4n) is 2.56. The first kappa shape index (κ1) is 13.7. The zero-order valence-electron chi connectivity index (χ0n) is 10.9. The van der Waals surface area contributed by atoms with Crippen molar-refractivity contribution >= 4 is 27.5 Å². The maximum Gasteiger partial charge on any atom is 0.138 e. The van der Waals surface area contributed by atoms with Crippen molar-refractivity contribution in [1.82, 2.24) is 5.32 Å². The molecule has 2 saturated carbocycles. The van der Waals surface area contributed by atoms with Crippen LogP contribution in [-0.2, 0) is 0 Å². The van der Waals surface area contributed by atoms with Crippen LogP contribution in [0.1, 0.15) is 38.5 Å². The van der Waals surface area contributed by atoms with Crippen LogP contribution < -0.4 is 10.1 Å². The number of benzene rings is 1. The first-order valence-electron chi connectivity index (χ1n) is 7.04. The maximum absolute atomic E-state index is 6.24. The van der Waals surface area contributed by atoms with E-state index in [2.05, 4.69) is 21.2 Å². The molecular weight excluding hydrogens is 326 g/mol. The van der Waals surface area contributed by atoms with E-state index < -0.39 is 0 Å². The number of hydrogen-bond donors (Lipinski definition) is 1. The Morgan fingerprint density at radius 3 is 2.74 bits per heavy atom. The standard InChI is InChI=1S/C15H19BrClNO/c16-11-2-5-14(13(17)10-11)19-15(6-1-7-15)8-9-18-12-3-4-12/h2,5,10,12,18H,1,3-4,6-9H2. The van der Waals surface area contributed by atoms with Gasteiger partial charge in [0.25, 0.3) is 0 Å². The van der Waals surface area contributed by atoms with Gasteiger partial charge in [-0.3, -0.25) is 0 Å². The molecule has 0 bridgehead atoms. The summed E-state index contributed by atoms with van der Waals surface area (Å²) in [6.45, 7) is 1.05. The molecule has 1 aromatic rings. The highest BCUT2D eigenvalue weighted by molar-refractivity contribution is 9.10. The lowest BCUT2D eigenvalue weighted by molar-refractivity contribution is -0.0142. The van der Waals surface area contributed by atoms with Gasteiger partial charge < -0.3 is 10.1 Å².